The van der Waals surface area contributed by atoms with Crippen molar-refractivity contribution in [2.75, 3.05) is 64.3 Å². The van der Waals surface area contributed by atoms with Gasteiger partial charge in [-0.15, -0.1) is 0 Å². The summed E-state index contributed by atoms with van der Waals surface area (Å²) >= 11 is 0. The van der Waals surface area contributed by atoms with Crippen LogP contribution in [0.4, 0.5) is 5.82 Å². The molecule has 1 amide bonds. The van der Waals surface area contributed by atoms with Crippen LogP contribution in [0.15, 0.2) is 18.2 Å². The average molecular weight is 397 g/mol. The Kier molecular flexibility index (Phi) is 6.31. The predicted octanol–water partition coefficient (Wildman–Crippen LogP) is 1.41. The molecule has 156 valence electrons. The molecule has 3 saturated heterocycles. The summed E-state index contributed by atoms with van der Waals surface area (Å²) in [5, 5.41) is 9.08. The fourth-order valence-electron chi connectivity index (χ4n) is 4.95. The predicted molar refractivity (Wildman–Crippen MR) is 113 cm³/mol. The Bertz CT molecular complexity index is 746. The number of nitriles is 1. The molecule has 4 heterocycles. The van der Waals surface area contributed by atoms with Crippen molar-refractivity contribution in [1.29, 1.82) is 5.26 Å². The number of pyridine rings is 1. The second-order valence-corrected chi connectivity index (χ2v) is 8.67. The second kappa shape index (κ2) is 9.10. The van der Waals surface area contributed by atoms with Crippen molar-refractivity contribution in [2.24, 2.45) is 5.92 Å². The monoisotopic (exact) mass is 396 g/mol. The van der Waals surface area contributed by atoms with Crippen LogP contribution in [-0.2, 0) is 4.79 Å². The van der Waals surface area contributed by atoms with E-state index in [1.165, 1.54) is 0 Å². The van der Waals surface area contributed by atoms with Crippen molar-refractivity contribution in [2.45, 2.75) is 31.7 Å². The Morgan fingerprint density at radius 3 is 2.55 bits per heavy atom. The third-order valence-electron chi connectivity index (χ3n) is 6.77. The molecule has 3 aliphatic rings. The van der Waals surface area contributed by atoms with Crippen LogP contribution >= 0.6 is 0 Å². The third kappa shape index (κ3) is 4.71. The van der Waals surface area contributed by atoms with Crippen molar-refractivity contribution in [3.05, 3.63) is 23.9 Å². The summed E-state index contributed by atoms with van der Waals surface area (Å²) < 4.78 is 0. The van der Waals surface area contributed by atoms with Gasteiger partial charge in [-0.1, -0.05) is 6.07 Å². The standard InChI is InChI=1S/C22H32N6O/c1-25-12-14-27(15-13-25)22(29)18-4-3-9-28(17-18)20-7-10-26(11-8-20)21-6-2-5-19(16-23)24-21/h2,5-6,18,20H,3-4,7-15,17H2,1H3/t18-/m1/s1. The highest BCUT2D eigenvalue weighted by molar-refractivity contribution is 5.79. The van der Waals surface area contributed by atoms with E-state index < -0.39 is 0 Å². The van der Waals surface area contributed by atoms with E-state index in [0.717, 1.165) is 83.9 Å². The maximum atomic E-state index is 13.0. The van der Waals surface area contributed by atoms with Crippen LogP contribution in [0.25, 0.3) is 0 Å². The van der Waals surface area contributed by atoms with Gasteiger partial charge in [0.05, 0.1) is 5.92 Å². The molecule has 1 aromatic heterocycles. The van der Waals surface area contributed by atoms with E-state index in [0.29, 0.717) is 17.6 Å². The zero-order valence-electron chi connectivity index (χ0n) is 17.5. The first-order valence-corrected chi connectivity index (χ1v) is 11.0. The van der Waals surface area contributed by atoms with Crippen molar-refractivity contribution < 1.29 is 4.79 Å². The van der Waals surface area contributed by atoms with E-state index in [9.17, 15) is 4.79 Å². The zero-order chi connectivity index (χ0) is 20.2. The molecule has 0 bridgehead atoms. The largest absolute Gasteiger partial charge is 0.356 e. The normalized spacial score (nSPS) is 25.0. The van der Waals surface area contributed by atoms with Gasteiger partial charge in [-0.05, 0) is 51.4 Å². The van der Waals surface area contributed by atoms with Gasteiger partial charge in [-0.2, -0.15) is 5.26 Å². The van der Waals surface area contributed by atoms with Crippen LogP contribution < -0.4 is 4.90 Å². The molecule has 0 aliphatic carbocycles. The molecule has 0 aromatic carbocycles. The van der Waals surface area contributed by atoms with Crippen LogP contribution in [0.2, 0.25) is 0 Å². The Labute approximate surface area is 173 Å². The van der Waals surface area contributed by atoms with Gasteiger partial charge < -0.3 is 14.7 Å². The van der Waals surface area contributed by atoms with E-state index in [2.05, 4.69) is 37.7 Å². The number of carbonyl (C=O) groups is 1. The lowest BCUT2D eigenvalue weighted by atomic mass is 9.92. The smallest absolute Gasteiger partial charge is 0.227 e. The molecule has 4 rings (SSSR count). The van der Waals surface area contributed by atoms with Crippen LogP contribution in [-0.4, -0.2) is 91.0 Å². The number of hydrogen-bond acceptors (Lipinski definition) is 6. The third-order valence-corrected chi connectivity index (χ3v) is 6.77. The molecule has 0 unspecified atom stereocenters. The summed E-state index contributed by atoms with van der Waals surface area (Å²) in [4.78, 5) is 26.7. The highest BCUT2D eigenvalue weighted by Crippen LogP contribution is 2.27. The second-order valence-electron chi connectivity index (χ2n) is 8.67. The lowest BCUT2D eigenvalue weighted by Crippen LogP contribution is -2.54. The van der Waals surface area contributed by atoms with Crippen LogP contribution in [0.5, 0.6) is 0 Å². The quantitative estimate of drug-likeness (QED) is 0.770. The SMILES string of the molecule is CN1CCN(C(=O)[C@@H]2CCCN(C3CCN(c4cccc(C#N)n4)CC3)C2)CC1. The van der Waals surface area contributed by atoms with E-state index in [-0.39, 0.29) is 5.92 Å². The van der Waals surface area contributed by atoms with Crippen LogP contribution in [0.3, 0.4) is 0 Å². The van der Waals surface area contributed by atoms with E-state index in [1.807, 2.05) is 12.1 Å². The number of likely N-dealkylation sites (tertiary alicyclic amines) is 1. The zero-order valence-corrected chi connectivity index (χ0v) is 17.5. The maximum absolute atomic E-state index is 13.0. The molecule has 0 saturated carbocycles. The molecule has 7 heteroatoms. The Balaban J connectivity index is 1.30. The summed E-state index contributed by atoms with van der Waals surface area (Å²) in [6, 6.07) is 8.33. The Hall–Kier alpha value is -2.17. The topological polar surface area (TPSA) is 66.7 Å². The fourth-order valence-corrected chi connectivity index (χ4v) is 4.95. The van der Waals surface area contributed by atoms with Crippen LogP contribution in [0, 0.1) is 17.2 Å². The highest BCUT2D eigenvalue weighted by atomic mass is 16.2. The molecule has 1 atom stereocenters. The number of piperidine rings is 2. The molecule has 1 aromatic rings. The molecule has 7 nitrogen and oxygen atoms in total. The van der Waals surface area contributed by atoms with Crippen molar-refractivity contribution in [3.8, 4) is 6.07 Å². The van der Waals surface area contributed by atoms with E-state index in [1.54, 1.807) is 6.07 Å². The number of piperazine rings is 1. The number of likely N-dealkylation sites (N-methyl/N-ethyl adjacent to an activating group) is 1. The highest BCUT2D eigenvalue weighted by Gasteiger charge is 2.34. The van der Waals surface area contributed by atoms with Gasteiger partial charge >= 0.3 is 0 Å². The van der Waals surface area contributed by atoms with Crippen molar-refractivity contribution in [1.82, 2.24) is 19.7 Å². The first-order valence-electron chi connectivity index (χ1n) is 11.0. The van der Waals surface area contributed by atoms with Gasteiger partial charge in [0, 0.05) is 51.9 Å². The minimum atomic E-state index is 0.166. The number of amides is 1. The molecule has 3 fully saturated rings. The molecule has 0 radical (unpaired) electrons. The fraction of sp³-hybridized carbons (Fsp3) is 0.682. The minimum Gasteiger partial charge on any atom is -0.356 e. The molecule has 0 spiro atoms. The number of aromatic nitrogens is 1. The molecular formula is C22H32N6O. The van der Waals surface area contributed by atoms with Gasteiger partial charge in [0.1, 0.15) is 17.6 Å². The average Bonchev–Trinajstić information content (AvgIpc) is 2.79. The summed E-state index contributed by atoms with van der Waals surface area (Å²) in [5.41, 5.74) is 0.478. The minimum absolute atomic E-state index is 0.166. The van der Waals surface area contributed by atoms with Gasteiger partial charge in [0.15, 0.2) is 0 Å². The lowest BCUT2D eigenvalue weighted by molar-refractivity contribution is -0.139. The van der Waals surface area contributed by atoms with Gasteiger partial charge in [-0.25, -0.2) is 4.98 Å². The van der Waals surface area contributed by atoms with Gasteiger partial charge in [0.2, 0.25) is 5.91 Å². The molecular weight excluding hydrogens is 364 g/mol. The van der Waals surface area contributed by atoms with Gasteiger partial charge in [0.25, 0.3) is 0 Å². The van der Waals surface area contributed by atoms with Gasteiger partial charge in [-0.3, -0.25) is 9.69 Å². The van der Waals surface area contributed by atoms with Crippen LogP contribution in [0.1, 0.15) is 31.4 Å². The number of rotatable bonds is 3. The van der Waals surface area contributed by atoms with E-state index in [4.69, 9.17) is 5.26 Å². The summed E-state index contributed by atoms with van der Waals surface area (Å²) in [6.45, 7) is 7.67. The number of anilines is 1. The summed E-state index contributed by atoms with van der Waals surface area (Å²) in [6.07, 6.45) is 4.34. The first-order chi connectivity index (χ1) is 14.1. The molecule has 3 aliphatic heterocycles. The number of carbonyl (C=O) groups excluding carboxylic acids is 1. The maximum Gasteiger partial charge on any atom is 0.227 e. The van der Waals surface area contributed by atoms with E-state index >= 15 is 0 Å². The summed E-state index contributed by atoms with van der Waals surface area (Å²) in [5.74, 6) is 1.45. The molecule has 29 heavy (non-hydrogen) atoms. The Morgan fingerprint density at radius 1 is 1.07 bits per heavy atom. The first kappa shape index (κ1) is 20.1. The summed E-state index contributed by atoms with van der Waals surface area (Å²) in [7, 11) is 2.13. The Morgan fingerprint density at radius 2 is 1.83 bits per heavy atom. The van der Waals surface area contributed by atoms with Crippen molar-refractivity contribution >= 4 is 11.7 Å². The number of hydrogen-bond donors (Lipinski definition) is 0. The van der Waals surface area contributed by atoms with Crippen molar-refractivity contribution in [3.63, 3.8) is 0 Å². The molecule has 0 N–H and O–H groups in total. The lowest BCUT2D eigenvalue weighted by Gasteiger charge is -2.43. The number of nitrogens with zero attached hydrogens (tertiary/aromatic N) is 6.